The summed E-state index contributed by atoms with van der Waals surface area (Å²) in [6.07, 6.45) is 66.4. The highest BCUT2D eigenvalue weighted by Crippen LogP contribution is 2.12. The number of esters is 3. The van der Waals surface area contributed by atoms with Crippen LogP contribution in [0.2, 0.25) is 0 Å². The average molecular weight is 859 g/mol. The Morgan fingerprint density at radius 2 is 0.726 bits per heavy atom. The molecule has 0 aliphatic carbocycles. The number of carbonyl (C=O) groups is 3. The molecule has 0 spiro atoms. The summed E-state index contributed by atoms with van der Waals surface area (Å²) >= 11 is 0. The van der Waals surface area contributed by atoms with Crippen molar-refractivity contribution in [2.45, 2.75) is 213 Å². The van der Waals surface area contributed by atoms with Gasteiger partial charge < -0.3 is 14.2 Å². The smallest absolute Gasteiger partial charge is 0.306 e. The second-order valence-corrected chi connectivity index (χ2v) is 16.1. The van der Waals surface area contributed by atoms with Crippen molar-refractivity contribution in [3.63, 3.8) is 0 Å². The van der Waals surface area contributed by atoms with Gasteiger partial charge in [0.2, 0.25) is 0 Å². The molecule has 0 rings (SSSR count). The SMILES string of the molecule is CC/C=C\C/C=C\C/C=C\CCCCC(=O)OCC(COC(=O)CCCCCCC\C=C/C=C\C=C/C=C\C=C/CCC)OC(=O)CCCCC/C=C\CCCCCCCCC. The van der Waals surface area contributed by atoms with Crippen LogP contribution in [0.3, 0.4) is 0 Å². The van der Waals surface area contributed by atoms with Crippen LogP contribution in [0, 0.1) is 0 Å². The first-order valence-corrected chi connectivity index (χ1v) is 25.0. The molecule has 0 saturated heterocycles. The van der Waals surface area contributed by atoms with Gasteiger partial charge in [-0.15, -0.1) is 0 Å². The fourth-order valence-electron chi connectivity index (χ4n) is 6.36. The Morgan fingerprint density at radius 3 is 1.26 bits per heavy atom. The molecule has 350 valence electrons. The number of hydrogen-bond acceptors (Lipinski definition) is 6. The summed E-state index contributed by atoms with van der Waals surface area (Å²) in [5, 5.41) is 0. The van der Waals surface area contributed by atoms with E-state index in [-0.39, 0.29) is 31.1 Å². The van der Waals surface area contributed by atoms with E-state index >= 15 is 0 Å². The number of carbonyl (C=O) groups excluding carboxylic acids is 3. The molecule has 6 heteroatoms. The van der Waals surface area contributed by atoms with Crippen LogP contribution in [0.1, 0.15) is 207 Å². The largest absolute Gasteiger partial charge is 0.462 e. The van der Waals surface area contributed by atoms with Crippen LogP contribution in [0.4, 0.5) is 0 Å². The van der Waals surface area contributed by atoms with Crippen molar-refractivity contribution in [3.8, 4) is 0 Å². The lowest BCUT2D eigenvalue weighted by Gasteiger charge is -2.18. The Bertz CT molecular complexity index is 1310. The van der Waals surface area contributed by atoms with E-state index in [4.69, 9.17) is 14.2 Å². The molecular formula is C56H90O6. The van der Waals surface area contributed by atoms with Crippen LogP contribution in [0.25, 0.3) is 0 Å². The zero-order valence-corrected chi connectivity index (χ0v) is 39.8. The zero-order chi connectivity index (χ0) is 45.1. The molecule has 0 heterocycles. The number of unbranched alkanes of at least 4 members (excludes halogenated alkanes) is 18. The number of hydrogen-bond donors (Lipinski definition) is 0. The first-order valence-electron chi connectivity index (χ1n) is 25.0. The molecule has 0 aromatic carbocycles. The van der Waals surface area contributed by atoms with Gasteiger partial charge >= 0.3 is 17.9 Å². The Balaban J connectivity index is 4.52. The molecule has 0 fully saturated rings. The number of rotatable bonds is 43. The molecule has 0 aliphatic rings. The van der Waals surface area contributed by atoms with Crippen molar-refractivity contribution in [1.82, 2.24) is 0 Å². The monoisotopic (exact) mass is 859 g/mol. The third-order valence-corrected chi connectivity index (χ3v) is 10.1. The van der Waals surface area contributed by atoms with Gasteiger partial charge in [-0.2, -0.15) is 0 Å². The van der Waals surface area contributed by atoms with E-state index in [1.165, 1.54) is 51.4 Å². The lowest BCUT2D eigenvalue weighted by atomic mass is 10.1. The molecular weight excluding hydrogens is 769 g/mol. The van der Waals surface area contributed by atoms with Gasteiger partial charge in [0, 0.05) is 19.3 Å². The third-order valence-electron chi connectivity index (χ3n) is 10.1. The molecule has 1 unspecified atom stereocenters. The van der Waals surface area contributed by atoms with Crippen molar-refractivity contribution in [2.24, 2.45) is 0 Å². The Morgan fingerprint density at radius 1 is 0.355 bits per heavy atom. The van der Waals surface area contributed by atoms with Gasteiger partial charge in [0.15, 0.2) is 6.10 Å². The van der Waals surface area contributed by atoms with E-state index in [0.717, 1.165) is 116 Å². The molecule has 0 saturated carbocycles. The second-order valence-electron chi connectivity index (χ2n) is 16.1. The summed E-state index contributed by atoms with van der Waals surface area (Å²) in [4.78, 5) is 37.9. The van der Waals surface area contributed by atoms with Crippen LogP contribution < -0.4 is 0 Å². The minimum Gasteiger partial charge on any atom is -0.462 e. The van der Waals surface area contributed by atoms with E-state index in [1.807, 2.05) is 36.5 Å². The quantitative estimate of drug-likeness (QED) is 0.0200. The molecule has 0 amide bonds. The van der Waals surface area contributed by atoms with Gasteiger partial charge in [0.25, 0.3) is 0 Å². The molecule has 0 aromatic heterocycles. The van der Waals surface area contributed by atoms with Crippen LogP contribution in [-0.2, 0) is 28.6 Å². The summed E-state index contributed by atoms with van der Waals surface area (Å²) in [6, 6.07) is 0. The fraction of sp³-hybridized carbons (Fsp3) is 0.625. The van der Waals surface area contributed by atoms with Gasteiger partial charge in [-0.1, -0.05) is 201 Å². The Labute approximate surface area is 380 Å². The fourth-order valence-corrected chi connectivity index (χ4v) is 6.36. The van der Waals surface area contributed by atoms with Gasteiger partial charge in [0.05, 0.1) is 0 Å². The Kier molecular flexibility index (Phi) is 46.6. The summed E-state index contributed by atoms with van der Waals surface area (Å²) in [5.41, 5.74) is 0. The molecule has 62 heavy (non-hydrogen) atoms. The summed E-state index contributed by atoms with van der Waals surface area (Å²) in [6.45, 7) is 6.34. The first kappa shape index (κ1) is 58.1. The van der Waals surface area contributed by atoms with Gasteiger partial charge in [-0.25, -0.2) is 0 Å². The van der Waals surface area contributed by atoms with Crippen LogP contribution in [0.15, 0.2) is 109 Å². The van der Waals surface area contributed by atoms with Crippen LogP contribution >= 0.6 is 0 Å². The van der Waals surface area contributed by atoms with E-state index in [9.17, 15) is 14.4 Å². The highest BCUT2D eigenvalue weighted by Gasteiger charge is 2.19. The van der Waals surface area contributed by atoms with Crippen molar-refractivity contribution < 1.29 is 28.6 Å². The summed E-state index contributed by atoms with van der Waals surface area (Å²) < 4.78 is 16.7. The molecule has 0 radical (unpaired) electrons. The van der Waals surface area contributed by atoms with Gasteiger partial charge in [-0.05, 0) is 96.3 Å². The molecule has 1 atom stereocenters. The lowest BCUT2D eigenvalue weighted by Crippen LogP contribution is -2.30. The Hall–Kier alpha value is -3.93. The minimum atomic E-state index is -0.813. The van der Waals surface area contributed by atoms with Crippen molar-refractivity contribution in [2.75, 3.05) is 13.2 Å². The summed E-state index contributed by atoms with van der Waals surface area (Å²) in [7, 11) is 0. The lowest BCUT2D eigenvalue weighted by molar-refractivity contribution is -0.167. The maximum atomic E-state index is 12.8. The number of ether oxygens (including phenoxy) is 3. The van der Waals surface area contributed by atoms with Gasteiger partial charge in [-0.3, -0.25) is 14.4 Å². The summed E-state index contributed by atoms with van der Waals surface area (Å²) in [5.74, 6) is -0.998. The van der Waals surface area contributed by atoms with Crippen LogP contribution in [-0.4, -0.2) is 37.2 Å². The van der Waals surface area contributed by atoms with Crippen molar-refractivity contribution in [3.05, 3.63) is 109 Å². The minimum absolute atomic E-state index is 0.112. The van der Waals surface area contributed by atoms with Crippen molar-refractivity contribution in [1.29, 1.82) is 0 Å². The molecule has 0 aliphatic heterocycles. The normalized spacial score (nSPS) is 13.0. The zero-order valence-electron chi connectivity index (χ0n) is 39.8. The molecule has 0 N–H and O–H groups in total. The predicted octanol–water partition coefficient (Wildman–Crippen LogP) is 16.4. The van der Waals surface area contributed by atoms with E-state index < -0.39 is 6.10 Å². The standard InChI is InChI=1S/C56H90O6/c1-4-7-10-13-16-19-22-25-27-28-29-30-32-34-37-40-43-46-49-55(58)61-52-53(51-60-54(57)48-45-42-39-36-33-24-21-18-15-12-9-6-3)62-56(59)50-47-44-41-38-35-31-26-23-20-17-14-11-8-5-2/h9-10,12-13,16,18-19,21-22,25,27-31,33,35-36,53H,4-8,11,14-15,17,20,23-24,26,32,34,37-52H2,1-3H3/b12-9-,13-10-,19-16-,21-18-,25-22-,28-27-,30-29-,35-31-,36-33-. The maximum absolute atomic E-state index is 12.8. The molecule has 0 bridgehead atoms. The van der Waals surface area contributed by atoms with Crippen molar-refractivity contribution >= 4 is 17.9 Å². The van der Waals surface area contributed by atoms with Crippen LogP contribution in [0.5, 0.6) is 0 Å². The van der Waals surface area contributed by atoms with E-state index in [2.05, 4.69) is 93.7 Å². The van der Waals surface area contributed by atoms with E-state index in [0.29, 0.717) is 19.3 Å². The highest BCUT2D eigenvalue weighted by molar-refractivity contribution is 5.71. The van der Waals surface area contributed by atoms with Gasteiger partial charge in [0.1, 0.15) is 13.2 Å². The average Bonchev–Trinajstić information content (AvgIpc) is 3.27. The predicted molar refractivity (Wildman–Crippen MR) is 265 cm³/mol. The molecule has 6 nitrogen and oxygen atoms in total. The third kappa shape index (κ3) is 47.1. The first-order chi connectivity index (χ1) is 30.5. The highest BCUT2D eigenvalue weighted by atomic mass is 16.6. The maximum Gasteiger partial charge on any atom is 0.306 e. The van der Waals surface area contributed by atoms with E-state index in [1.54, 1.807) is 0 Å². The number of allylic oxidation sites excluding steroid dienone is 18. The second kappa shape index (κ2) is 49.7. The molecule has 0 aromatic rings. The topological polar surface area (TPSA) is 78.9 Å².